The summed E-state index contributed by atoms with van der Waals surface area (Å²) < 4.78 is 50.2. The number of carbonyl (C=O) groups is 1. The fraction of sp³-hybridized carbons (Fsp3) is 0.316. The third-order valence-corrected chi connectivity index (χ3v) is 4.63. The van der Waals surface area contributed by atoms with Crippen LogP contribution in [0.3, 0.4) is 0 Å². The van der Waals surface area contributed by atoms with Gasteiger partial charge in [0.05, 0.1) is 14.2 Å². The maximum absolute atomic E-state index is 14.5. The number of halogens is 2. The standard InChI is InChI=1S/C19H17F2NO5/c1-24-13-5-3-11(9-15(13)25-2)17-19(20,21)18(23)22(17)12-4-6-14-16(10-12)27-8-7-26-14/h3-6,9-10,17H,7-8H2,1-2H3/t17-/m1/s1. The summed E-state index contributed by atoms with van der Waals surface area (Å²) in [7, 11) is 2.88. The van der Waals surface area contributed by atoms with E-state index >= 15 is 0 Å². The number of fused-ring (bicyclic) bond motifs is 1. The number of carbonyl (C=O) groups excluding carboxylic acids is 1. The minimum absolute atomic E-state index is 0.243. The van der Waals surface area contributed by atoms with Crippen molar-refractivity contribution in [3.63, 3.8) is 0 Å². The summed E-state index contributed by atoms with van der Waals surface area (Å²) in [5, 5.41) is 0. The van der Waals surface area contributed by atoms with Gasteiger partial charge in [0.25, 0.3) is 0 Å². The molecule has 6 nitrogen and oxygen atoms in total. The molecule has 1 amide bonds. The number of benzene rings is 2. The number of methoxy groups -OCH3 is 2. The highest BCUT2D eigenvalue weighted by molar-refractivity contribution is 6.07. The van der Waals surface area contributed by atoms with Gasteiger partial charge < -0.3 is 18.9 Å². The number of rotatable bonds is 4. The second-order valence-corrected chi connectivity index (χ2v) is 6.14. The van der Waals surface area contributed by atoms with Crippen LogP contribution in [0.25, 0.3) is 0 Å². The zero-order valence-corrected chi connectivity index (χ0v) is 14.7. The molecule has 0 saturated carbocycles. The molecule has 142 valence electrons. The average molecular weight is 377 g/mol. The Morgan fingerprint density at radius 3 is 2.41 bits per heavy atom. The molecule has 0 bridgehead atoms. The van der Waals surface area contributed by atoms with Gasteiger partial charge in [-0.05, 0) is 29.8 Å². The SMILES string of the molecule is COc1ccc([C@H]2N(c3ccc4c(c3)OCCO4)C(=O)C2(F)F)cc1OC. The van der Waals surface area contributed by atoms with E-state index in [1.165, 1.54) is 38.5 Å². The molecule has 8 heteroatoms. The molecular formula is C19H17F2NO5. The van der Waals surface area contributed by atoms with Gasteiger partial charge >= 0.3 is 11.8 Å². The van der Waals surface area contributed by atoms with E-state index in [-0.39, 0.29) is 5.56 Å². The van der Waals surface area contributed by atoms with E-state index in [4.69, 9.17) is 18.9 Å². The zero-order valence-electron chi connectivity index (χ0n) is 14.7. The maximum atomic E-state index is 14.5. The van der Waals surface area contributed by atoms with Gasteiger partial charge in [-0.2, -0.15) is 8.78 Å². The number of ether oxygens (including phenoxy) is 4. The Labute approximate surface area is 154 Å². The van der Waals surface area contributed by atoms with Crippen LogP contribution in [0, 0.1) is 0 Å². The quantitative estimate of drug-likeness (QED) is 0.766. The third-order valence-electron chi connectivity index (χ3n) is 4.63. The van der Waals surface area contributed by atoms with Gasteiger partial charge in [-0.15, -0.1) is 0 Å². The Balaban J connectivity index is 1.74. The predicted octanol–water partition coefficient (Wildman–Crippen LogP) is 3.20. The van der Waals surface area contributed by atoms with Crippen molar-refractivity contribution in [3.05, 3.63) is 42.0 Å². The number of β-lactam (4-membered cyclic amide) rings is 1. The van der Waals surface area contributed by atoms with Gasteiger partial charge in [-0.25, -0.2) is 0 Å². The van der Waals surface area contributed by atoms with E-state index < -0.39 is 17.9 Å². The zero-order chi connectivity index (χ0) is 19.2. The summed E-state index contributed by atoms with van der Waals surface area (Å²) in [4.78, 5) is 13.2. The van der Waals surface area contributed by atoms with Crippen LogP contribution in [0.1, 0.15) is 11.6 Å². The monoisotopic (exact) mass is 377 g/mol. The third kappa shape index (κ3) is 2.63. The lowest BCUT2D eigenvalue weighted by molar-refractivity contribution is -0.162. The predicted molar refractivity (Wildman–Crippen MR) is 92.2 cm³/mol. The highest BCUT2D eigenvalue weighted by Gasteiger charge is 2.64. The van der Waals surface area contributed by atoms with Crippen LogP contribution >= 0.6 is 0 Å². The highest BCUT2D eigenvalue weighted by Crippen LogP contribution is 2.51. The van der Waals surface area contributed by atoms with Crippen LogP contribution in [0.5, 0.6) is 23.0 Å². The van der Waals surface area contributed by atoms with E-state index in [0.717, 1.165) is 4.90 Å². The Morgan fingerprint density at radius 2 is 1.70 bits per heavy atom. The molecule has 2 aliphatic rings. The molecule has 1 saturated heterocycles. The Morgan fingerprint density at radius 1 is 1.00 bits per heavy atom. The topological polar surface area (TPSA) is 57.2 Å². The van der Waals surface area contributed by atoms with Crippen LogP contribution in [0.15, 0.2) is 36.4 Å². The molecule has 0 aromatic heterocycles. The van der Waals surface area contributed by atoms with Crippen LogP contribution < -0.4 is 23.8 Å². The number of hydrogen-bond acceptors (Lipinski definition) is 5. The summed E-state index contributed by atoms with van der Waals surface area (Å²) >= 11 is 0. The number of nitrogens with zero attached hydrogens (tertiary/aromatic N) is 1. The molecule has 4 rings (SSSR count). The van der Waals surface area contributed by atoms with Crippen molar-refractivity contribution in [2.75, 3.05) is 32.3 Å². The molecule has 0 N–H and O–H groups in total. The van der Waals surface area contributed by atoms with E-state index in [1.54, 1.807) is 12.1 Å². The van der Waals surface area contributed by atoms with Crippen molar-refractivity contribution in [2.24, 2.45) is 0 Å². The van der Waals surface area contributed by atoms with E-state index in [0.29, 0.717) is 41.9 Å². The molecule has 1 atom stereocenters. The smallest absolute Gasteiger partial charge is 0.349 e. The Hall–Kier alpha value is -3.03. The van der Waals surface area contributed by atoms with Crippen LogP contribution in [-0.2, 0) is 4.79 Å². The molecule has 2 aromatic rings. The van der Waals surface area contributed by atoms with Gasteiger partial charge in [0.1, 0.15) is 19.3 Å². The fourth-order valence-corrected chi connectivity index (χ4v) is 3.32. The summed E-state index contributed by atoms with van der Waals surface area (Å²) in [6.45, 7) is 0.779. The first-order valence-corrected chi connectivity index (χ1v) is 8.30. The van der Waals surface area contributed by atoms with Gasteiger partial charge in [-0.1, -0.05) is 6.07 Å². The van der Waals surface area contributed by atoms with Crippen molar-refractivity contribution in [1.82, 2.24) is 0 Å². The molecule has 27 heavy (non-hydrogen) atoms. The normalized spacial score (nSPS) is 20.1. The largest absolute Gasteiger partial charge is 0.493 e. The summed E-state index contributed by atoms with van der Waals surface area (Å²) in [5.41, 5.74) is 0.557. The fourth-order valence-electron chi connectivity index (χ4n) is 3.32. The molecule has 2 heterocycles. The first kappa shape index (κ1) is 17.4. The lowest BCUT2D eigenvalue weighted by atomic mass is 9.88. The Kier molecular flexibility index (Phi) is 4.05. The molecule has 0 radical (unpaired) electrons. The molecule has 1 fully saturated rings. The molecule has 0 spiro atoms. The van der Waals surface area contributed by atoms with Gasteiger partial charge in [-0.3, -0.25) is 9.69 Å². The molecule has 0 aliphatic carbocycles. The molecule has 0 unspecified atom stereocenters. The molecule has 2 aromatic carbocycles. The number of alkyl halides is 2. The minimum atomic E-state index is -3.52. The minimum Gasteiger partial charge on any atom is -0.493 e. The van der Waals surface area contributed by atoms with Crippen molar-refractivity contribution in [3.8, 4) is 23.0 Å². The first-order chi connectivity index (χ1) is 13.0. The highest BCUT2D eigenvalue weighted by atomic mass is 19.3. The maximum Gasteiger partial charge on any atom is 0.349 e. The van der Waals surface area contributed by atoms with Crippen LogP contribution in [-0.4, -0.2) is 39.3 Å². The lowest BCUT2D eigenvalue weighted by Crippen LogP contribution is -2.64. The Bertz CT molecular complexity index is 902. The van der Waals surface area contributed by atoms with E-state index in [1.807, 2.05) is 0 Å². The van der Waals surface area contributed by atoms with Gasteiger partial charge in [0.2, 0.25) is 0 Å². The molecular weight excluding hydrogens is 360 g/mol. The summed E-state index contributed by atoms with van der Waals surface area (Å²) in [6.07, 6.45) is 0. The second kappa shape index (κ2) is 6.29. The van der Waals surface area contributed by atoms with Gasteiger partial charge in [0, 0.05) is 11.8 Å². The lowest BCUT2D eigenvalue weighted by Gasteiger charge is -2.46. The van der Waals surface area contributed by atoms with Crippen molar-refractivity contribution >= 4 is 11.6 Å². The van der Waals surface area contributed by atoms with E-state index in [9.17, 15) is 13.6 Å². The van der Waals surface area contributed by atoms with Crippen molar-refractivity contribution in [1.29, 1.82) is 0 Å². The number of amides is 1. The summed E-state index contributed by atoms with van der Waals surface area (Å²) in [6, 6.07) is 7.75. The van der Waals surface area contributed by atoms with Crippen LogP contribution in [0.2, 0.25) is 0 Å². The first-order valence-electron chi connectivity index (χ1n) is 8.30. The second-order valence-electron chi connectivity index (χ2n) is 6.14. The summed E-state index contributed by atoms with van der Waals surface area (Å²) in [5.74, 6) is -3.11. The molecule has 2 aliphatic heterocycles. The van der Waals surface area contributed by atoms with Crippen molar-refractivity contribution in [2.45, 2.75) is 12.0 Å². The number of hydrogen-bond donors (Lipinski definition) is 0. The van der Waals surface area contributed by atoms with Gasteiger partial charge in [0.15, 0.2) is 23.0 Å². The average Bonchev–Trinajstić information content (AvgIpc) is 2.70. The van der Waals surface area contributed by atoms with Crippen molar-refractivity contribution < 1.29 is 32.5 Å². The number of anilines is 1. The van der Waals surface area contributed by atoms with E-state index in [2.05, 4.69) is 0 Å². The van der Waals surface area contributed by atoms with Crippen LogP contribution in [0.4, 0.5) is 14.5 Å².